The molecule has 32 heavy (non-hydrogen) atoms. The lowest BCUT2D eigenvalue weighted by atomic mass is 10.2. The quantitative estimate of drug-likeness (QED) is 0.462. The Morgan fingerprint density at radius 3 is 2.50 bits per heavy atom. The zero-order valence-corrected chi connectivity index (χ0v) is 18.5. The fourth-order valence-electron chi connectivity index (χ4n) is 3.80. The van der Waals surface area contributed by atoms with Crippen LogP contribution in [0.5, 0.6) is 5.75 Å². The molecule has 1 unspecified atom stereocenters. The van der Waals surface area contributed by atoms with Crippen molar-refractivity contribution >= 4 is 17.0 Å². The molecule has 1 atom stereocenters. The van der Waals surface area contributed by atoms with Gasteiger partial charge in [0.2, 0.25) is 0 Å². The zero-order valence-electron chi connectivity index (χ0n) is 18.5. The van der Waals surface area contributed by atoms with E-state index in [4.69, 9.17) is 4.74 Å². The van der Waals surface area contributed by atoms with Crippen molar-refractivity contribution < 1.29 is 4.74 Å². The molecule has 0 fully saturated rings. The van der Waals surface area contributed by atoms with E-state index in [1.807, 2.05) is 26.0 Å². The molecule has 9 heteroatoms. The van der Waals surface area contributed by atoms with Gasteiger partial charge < -0.3 is 15.0 Å². The van der Waals surface area contributed by atoms with Crippen LogP contribution in [0.4, 0.5) is 5.82 Å². The summed E-state index contributed by atoms with van der Waals surface area (Å²) in [6, 6.07) is 10.5. The third-order valence-corrected chi connectivity index (χ3v) is 5.50. The van der Waals surface area contributed by atoms with Gasteiger partial charge in [0.1, 0.15) is 17.4 Å². The monoisotopic (exact) mass is 434 g/mol. The van der Waals surface area contributed by atoms with E-state index in [1.54, 1.807) is 44.6 Å². The molecule has 3 heterocycles. The topological polar surface area (TPSA) is 107 Å². The molecule has 9 nitrogen and oxygen atoms in total. The Labute approximate surface area is 184 Å². The van der Waals surface area contributed by atoms with Gasteiger partial charge in [-0.3, -0.25) is 9.36 Å². The van der Waals surface area contributed by atoms with Crippen LogP contribution in [-0.2, 0) is 0 Å². The third-order valence-electron chi connectivity index (χ3n) is 5.50. The Kier molecular flexibility index (Phi) is 5.81. The molecule has 0 radical (unpaired) electrons. The number of rotatable bonds is 7. The molecule has 4 aromatic rings. The molecule has 3 aromatic heterocycles. The van der Waals surface area contributed by atoms with Gasteiger partial charge in [0.05, 0.1) is 12.8 Å². The van der Waals surface area contributed by atoms with Gasteiger partial charge in [0.25, 0.3) is 5.56 Å². The number of nitrogens with one attached hydrogen (secondary N) is 2. The lowest BCUT2D eigenvalue weighted by molar-refractivity contribution is 0.414. The molecular weight excluding hydrogens is 408 g/mol. The van der Waals surface area contributed by atoms with Crippen LogP contribution in [0.25, 0.3) is 28.2 Å². The van der Waals surface area contributed by atoms with Crippen LogP contribution in [0.2, 0.25) is 0 Å². The molecule has 0 aliphatic carbocycles. The van der Waals surface area contributed by atoms with Gasteiger partial charge in [-0.15, -0.1) is 0 Å². The second-order valence-electron chi connectivity index (χ2n) is 7.59. The molecular formula is C23H26N6O3. The highest BCUT2D eigenvalue weighted by Crippen LogP contribution is 2.22. The van der Waals surface area contributed by atoms with Gasteiger partial charge in [-0.1, -0.05) is 13.3 Å². The maximum absolute atomic E-state index is 13.5. The van der Waals surface area contributed by atoms with Crippen molar-refractivity contribution in [2.75, 3.05) is 19.5 Å². The summed E-state index contributed by atoms with van der Waals surface area (Å²) in [5, 5.41) is 2.97. The van der Waals surface area contributed by atoms with E-state index in [2.05, 4.69) is 20.3 Å². The summed E-state index contributed by atoms with van der Waals surface area (Å²) < 4.78 is 8.02. The number of methoxy groups -OCH3 is 1. The number of nitrogens with zero attached hydrogens (tertiary/aromatic N) is 4. The zero-order chi connectivity index (χ0) is 22.8. The van der Waals surface area contributed by atoms with E-state index >= 15 is 0 Å². The van der Waals surface area contributed by atoms with Gasteiger partial charge >= 0.3 is 5.69 Å². The van der Waals surface area contributed by atoms with E-state index < -0.39 is 5.69 Å². The minimum absolute atomic E-state index is 0.253. The Morgan fingerprint density at radius 1 is 1.16 bits per heavy atom. The molecule has 4 rings (SSSR count). The maximum atomic E-state index is 13.5. The first-order valence-corrected chi connectivity index (χ1v) is 10.5. The summed E-state index contributed by atoms with van der Waals surface area (Å²) in [5.41, 5.74) is 1.06. The van der Waals surface area contributed by atoms with E-state index in [0.29, 0.717) is 29.2 Å². The number of aromatic nitrogens is 5. The Bertz CT molecular complexity index is 1350. The Hall–Kier alpha value is -3.88. The molecule has 0 saturated heterocycles. The van der Waals surface area contributed by atoms with E-state index in [0.717, 1.165) is 12.2 Å². The van der Waals surface area contributed by atoms with Crippen LogP contribution >= 0.6 is 0 Å². The SMILES string of the molecule is CCCC(C)n1c(=O)c2[nH]c(-c3ccc(NC)nc3)nc2n(-c2ccc(OC)cc2)c1=O. The molecule has 1 aromatic carbocycles. The van der Waals surface area contributed by atoms with Crippen molar-refractivity contribution in [1.82, 2.24) is 24.1 Å². The predicted molar refractivity (Wildman–Crippen MR) is 125 cm³/mol. The van der Waals surface area contributed by atoms with Gasteiger partial charge in [0, 0.05) is 24.8 Å². The Balaban J connectivity index is 2.00. The average Bonchev–Trinajstić information content (AvgIpc) is 3.25. The van der Waals surface area contributed by atoms with Crippen molar-refractivity contribution in [3.63, 3.8) is 0 Å². The number of H-pyrrole nitrogens is 1. The number of hydrogen-bond donors (Lipinski definition) is 2. The average molecular weight is 435 g/mol. The molecule has 0 aliphatic heterocycles. The van der Waals surface area contributed by atoms with E-state index in [9.17, 15) is 9.59 Å². The minimum atomic E-state index is -0.421. The highest BCUT2D eigenvalue weighted by Gasteiger charge is 2.21. The standard InChI is InChI=1S/C23H26N6O3/c1-5-6-14(2)28-22(30)19-21(27-20(26-19)15-7-12-18(24-3)25-13-15)29(23(28)31)16-8-10-17(32-4)11-9-16/h7-14H,5-6H2,1-4H3,(H,24,25)(H,26,27). The number of pyridine rings is 1. The van der Waals surface area contributed by atoms with Crippen molar-refractivity contribution in [2.45, 2.75) is 32.7 Å². The van der Waals surface area contributed by atoms with Gasteiger partial charge in [0.15, 0.2) is 11.2 Å². The van der Waals surface area contributed by atoms with Crippen LogP contribution < -0.4 is 21.3 Å². The molecule has 0 bridgehead atoms. The molecule has 0 aliphatic rings. The summed E-state index contributed by atoms with van der Waals surface area (Å²) in [4.78, 5) is 38.9. The lowest BCUT2D eigenvalue weighted by Crippen LogP contribution is -2.41. The number of benzene rings is 1. The van der Waals surface area contributed by atoms with Crippen molar-refractivity contribution in [3.05, 3.63) is 63.4 Å². The second-order valence-corrected chi connectivity index (χ2v) is 7.59. The van der Waals surface area contributed by atoms with Crippen LogP contribution in [-0.4, -0.2) is 38.2 Å². The highest BCUT2D eigenvalue weighted by molar-refractivity contribution is 5.77. The highest BCUT2D eigenvalue weighted by atomic mass is 16.5. The largest absolute Gasteiger partial charge is 0.497 e. The molecule has 166 valence electrons. The van der Waals surface area contributed by atoms with Gasteiger partial charge in [-0.2, -0.15) is 0 Å². The summed E-state index contributed by atoms with van der Waals surface area (Å²) in [6.45, 7) is 3.91. The number of anilines is 1. The first-order valence-electron chi connectivity index (χ1n) is 10.5. The number of fused-ring (bicyclic) bond motifs is 1. The normalized spacial score (nSPS) is 12.1. The number of aromatic amines is 1. The second kappa shape index (κ2) is 8.70. The van der Waals surface area contributed by atoms with Crippen molar-refractivity contribution in [3.8, 4) is 22.8 Å². The number of hydrogen-bond acceptors (Lipinski definition) is 6. The lowest BCUT2D eigenvalue weighted by Gasteiger charge is -2.16. The Morgan fingerprint density at radius 2 is 1.91 bits per heavy atom. The first-order chi connectivity index (χ1) is 15.5. The summed E-state index contributed by atoms with van der Waals surface area (Å²) in [7, 11) is 3.37. The third kappa shape index (κ3) is 3.66. The van der Waals surface area contributed by atoms with Crippen LogP contribution in [0.3, 0.4) is 0 Å². The summed E-state index contributed by atoms with van der Waals surface area (Å²) in [5.74, 6) is 1.86. The van der Waals surface area contributed by atoms with E-state index in [1.165, 1.54) is 9.13 Å². The van der Waals surface area contributed by atoms with Gasteiger partial charge in [-0.05, 0) is 49.7 Å². The van der Waals surface area contributed by atoms with Crippen LogP contribution in [0.1, 0.15) is 32.7 Å². The maximum Gasteiger partial charge on any atom is 0.337 e. The summed E-state index contributed by atoms with van der Waals surface area (Å²) >= 11 is 0. The molecule has 2 N–H and O–H groups in total. The molecule has 0 saturated carbocycles. The van der Waals surface area contributed by atoms with Crippen LogP contribution in [0, 0.1) is 0 Å². The fourth-order valence-corrected chi connectivity index (χ4v) is 3.80. The molecule has 0 spiro atoms. The predicted octanol–water partition coefficient (Wildman–Crippen LogP) is 3.35. The van der Waals surface area contributed by atoms with Crippen molar-refractivity contribution in [1.29, 1.82) is 0 Å². The number of imidazole rings is 1. The van der Waals surface area contributed by atoms with Crippen molar-refractivity contribution in [2.24, 2.45) is 0 Å². The van der Waals surface area contributed by atoms with E-state index in [-0.39, 0.29) is 22.8 Å². The summed E-state index contributed by atoms with van der Waals surface area (Å²) in [6.07, 6.45) is 3.22. The van der Waals surface area contributed by atoms with Crippen LogP contribution in [0.15, 0.2) is 52.2 Å². The smallest absolute Gasteiger partial charge is 0.337 e. The van der Waals surface area contributed by atoms with Gasteiger partial charge in [-0.25, -0.2) is 19.3 Å². The first kappa shape index (κ1) is 21.4. The minimum Gasteiger partial charge on any atom is -0.497 e. The number of ether oxygens (including phenoxy) is 1. The molecule has 0 amide bonds. The fraction of sp³-hybridized carbons (Fsp3) is 0.304.